The predicted octanol–water partition coefficient (Wildman–Crippen LogP) is 1.69. The number of hydrogen-bond donors (Lipinski definition) is 1. The van der Waals surface area contributed by atoms with E-state index in [0.717, 1.165) is 0 Å². The second kappa shape index (κ2) is 5.56. The summed E-state index contributed by atoms with van der Waals surface area (Å²) in [5.41, 5.74) is 0.706. The van der Waals surface area contributed by atoms with E-state index in [0.29, 0.717) is 11.3 Å². The molecule has 1 N–H and O–H groups in total. The fourth-order valence-electron chi connectivity index (χ4n) is 1.11. The lowest BCUT2D eigenvalue weighted by Gasteiger charge is -2.08. The number of nitrogens with one attached hydrogen (secondary N) is 1. The standard InChI is InChI=1S/C10H11ClFNO2/c1-15-9-4-8(12)3-2-7(9)6-13-10(14)5-11/h2-4H,5-6H2,1H3,(H,13,14). The van der Waals surface area contributed by atoms with Crippen LogP contribution in [0.5, 0.6) is 5.75 Å². The Balaban J connectivity index is 2.72. The fraction of sp³-hybridized carbons (Fsp3) is 0.300. The van der Waals surface area contributed by atoms with Crippen LogP contribution in [0.25, 0.3) is 0 Å². The lowest BCUT2D eigenvalue weighted by atomic mass is 10.2. The number of halogens is 2. The van der Waals surface area contributed by atoms with Gasteiger partial charge in [-0.3, -0.25) is 4.79 Å². The first-order valence-electron chi connectivity index (χ1n) is 4.32. The maximum absolute atomic E-state index is 12.8. The molecule has 3 nitrogen and oxygen atoms in total. The minimum atomic E-state index is -0.376. The van der Waals surface area contributed by atoms with Crippen LogP contribution in [-0.4, -0.2) is 18.9 Å². The maximum Gasteiger partial charge on any atom is 0.235 e. The molecule has 0 bridgehead atoms. The third-order valence-corrected chi connectivity index (χ3v) is 2.09. The van der Waals surface area contributed by atoms with Crippen LogP contribution in [0.4, 0.5) is 4.39 Å². The third kappa shape index (κ3) is 3.40. The number of alkyl halides is 1. The number of ether oxygens (including phenoxy) is 1. The Kier molecular flexibility index (Phi) is 4.37. The zero-order valence-corrected chi connectivity index (χ0v) is 8.97. The first-order chi connectivity index (χ1) is 7.17. The molecule has 1 aromatic rings. The molecule has 15 heavy (non-hydrogen) atoms. The highest BCUT2D eigenvalue weighted by Crippen LogP contribution is 2.19. The van der Waals surface area contributed by atoms with Crippen LogP contribution in [0, 0.1) is 5.82 Å². The molecular weight excluding hydrogens is 221 g/mol. The van der Waals surface area contributed by atoms with E-state index in [1.807, 2.05) is 0 Å². The molecule has 0 aliphatic carbocycles. The number of hydrogen-bond acceptors (Lipinski definition) is 2. The summed E-state index contributed by atoms with van der Waals surface area (Å²) in [6, 6.07) is 4.13. The molecule has 0 unspecified atom stereocenters. The Morgan fingerprint density at radius 3 is 2.93 bits per heavy atom. The molecule has 0 heterocycles. The molecule has 1 aromatic carbocycles. The maximum atomic E-state index is 12.8. The molecule has 1 rings (SSSR count). The van der Waals surface area contributed by atoms with E-state index in [1.54, 1.807) is 6.07 Å². The Morgan fingerprint density at radius 1 is 1.60 bits per heavy atom. The first kappa shape index (κ1) is 11.8. The Hall–Kier alpha value is -1.29. The van der Waals surface area contributed by atoms with Gasteiger partial charge in [0.1, 0.15) is 17.4 Å². The molecule has 0 fully saturated rings. The van der Waals surface area contributed by atoms with Crippen LogP contribution < -0.4 is 10.1 Å². The second-order valence-electron chi connectivity index (χ2n) is 2.87. The average molecular weight is 232 g/mol. The smallest absolute Gasteiger partial charge is 0.235 e. The molecule has 0 atom stereocenters. The fourth-order valence-corrected chi connectivity index (χ4v) is 1.20. The van der Waals surface area contributed by atoms with Crippen LogP contribution in [0.1, 0.15) is 5.56 Å². The molecule has 0 saturated heterocycles. The van der Waals surface area contributed by atoms with Crippen LogP contribution in [-0.2, 0) is 11.3 Å². The van der Waals surface area contributed by atoms with Crippen LogP contribution >= 0.6 is 11.6 Å². The SMILES string of the molecule is COc1cc(F)ccc1CNC(=O)CCl. The number of methoxy groups -OCH3 is 1. The summed E-state index contributed by atoms with van der Waals surface area (Å²) < 4.78 is 17.8. The van der Waals surface area contributed by atoms with E-state index >= 15 is 0 Å². The molecule has 0 aliphatic rings. The summed E-state index contributed by atoms with van der Waals surface area (Å²) >= 11 is 5.31. The van der Waals surface area contributed by atoms with Gasteiger partial charge in [-0.1, -0.05) is 6.07 Å². The Morgan fingerprint density at radius 2 is 2.33 bits per heavy atom. The Bertz CT molecular complexity index is 357. The van der Waals surface area contributed by atoms with Gasteiger partial charge in [-0.05, 0) is 6.07 Å². The quantitative estimate of drug-likeness (QED) is 0.801. The summed E-state index contributed by atoms with van der Waals surface area (Å²) in [6.45, 7) is 0.273. The highest BCUT2D eigenvalue weighted by molar-refractivity contribution is 6.27. The topological polar surface area (TPSA) is 38.3 Å². The van der Waals surface area contributed by atoms with Gasteiger partial charge in [0.2, 0.25) is 5.91 Å². The summed E-state index contributed by atoms with van der Waals surface area (Å²) in [6.07, 6.45) is 0. The van der Waals surface area contributed by atoms with Gasteiger partial charge in [-0.15, -0.1) is 11.6 Å². The molecule has 82 valence electrons. The largest absolute Gasteiger partial charge is 0.496 e. The van der Waals surface area contributed by atoms with E-state index in [9.17, 15) is 9.18 Å². The molecule has 1 amide bonds. The number of rotatable bonds is 4. The molecular formula is C10H11ClFNO2. The van der Waals surface area contributed by atoms with E-state index < -0.39 is 0 Å². The first-order valence-corrected chi connectivity index (χ1v) is 4.86. The second-order valence-corrected chi connectivity index (χ2v) is 3.13. The minimum Gasteiger partial charge on any atom is -0.496 e. The summed E-state index contributed by atoms with van der Waals surface area (Å²) in [7, 11) is 1.45. The van der Waals surface area contributed by atoms with E-state index in [2.05, 4.69) is 5.32 Å². The number of carbonyl (C=O) groups excluding carboxylic acids is 1. The van der Waals surface area contributed by atoms with Crippen molar-refractivity contribution in [1.29, 1.82) is 0 Å². The van der Waals surface area contributed by atoms with Gasteiger partial charge in [-0.2, -0.15) is 0 Å². The van der Waals surface area contributed by atoms with Crippen molar-refractivity contribution in [2.45, 2.75) is 6.54 Å². The van der Waals surface area contributed by atoms with Gasteiger partial charge in [0.25, 0.3) is 0 Å². The molecule has 0 aromatic heterocycles. The van der Waals surface area contributed by atoms with E-state index in [4.69, 9.17) is 16.3 Å². The number of carbonyl (C=O) groups is 1. The van der Waals surface area contributed by atoms with Gasteiger partial charge in [0, 0.05) is 18.2 Å². The molecule has 0 saturated carbocycles. The molecule has 0 aliphatic heterocycles. The van der Waals surface area contributed by atoms with Crippen molar-refractivity contribution < 1.29 is 13.9 Å². The van der Waals surface area contributed by atoms with Crippen molar-refractivity contribution in [1.82, 2.24) is 5.32 Å². The molecule has 0 spiro atoms. The van der Waals surface area contributed by atoms with Gasteiger partial charge in [-0.25, -0.2) is 4.39 Å². The highest BCUT2D eigenvalue weighted by Gasteiger charge is 2.05. The van der Waals surface area contributed by atoms with Gasteiger partial charge < -0.3 is 10.1 Å². The van der Waals surface area contributed by atoms with Crippen molar-refractivity contribution in [3.63, 3.8) is 0 Å². The molecule has 0 radical (unpaired) electrons. The van der Waals surface area contributed by atoms with Crippen LogP contribution in [0.3, 0.4) is 0 Å². The normalized spacial score (nSPS) is 9.80. The average Bonchev–Trinajstić information content (AvgIpc) is 2.26. The Labute approximate surface area is 92.2 Å². The summed E-state index contributed by atoms with van der Waals surface area (Å²) in [5.74, 6) is -0.337. The lowest BCUT2D eigenvalue weighted by molar-refractivity contribution is -0.118. The zero-order chi connectivity index (χ0) is 11.3. The number of benzene rings is 1. The van der Waals surface area contributed by atoms with Crippen molar-refractivity contribution in [3.8, 4) is 5.75 Å². The van der Waals surface area contributed by atoms with E-state index in [-0.39, 0.29) is 24.1 Å². The zero-order valence-electron chi connectivity index (χ0n) is 8.22. The van der Waals surface area contributed by atoms with Gasteiger partial charge in [0.15, 0.2) is 0 Å². The van der Waals surface area contributed by atoms with Gasteiger partial charge in [0.05, 0.1) is 7.11 Å². The van der Waals surface area contributed by atoms with Gasteiger partial charge >= 0.3 is 0 Å². The highest BCUT2D eigenvalue weighted by atomic mass is 35.5. The lowest BCUT2D eigenvalue weighted by Crippen LogP contribution is -2.23. The van der Waals surface area contributed by atoms with Crippen molar-refractivity contribution in [2.75, 3.05) is 13.0 Å². The predicted molar refractivity (Wildman–Crippen MR) is 55.5 cm³/mol. The monoisotopic (exact) mass is 231 g/mol. The summed E-state index contributed by atoms with van der Waals surface area (Å²) in [5, 5.41) is 2.57. The summed E-state index contributed by atoms with van der Waals surface area (Å²) in [4.78, 5) is 10.9. The molecule has 5 heteroatoms. The van der Waals surface area contributed by atoms with Crippen molar-refractivity contribution in [2.24, 2.45) is 0 Å². The van der Waals surface area contributed by atoms with E-state index in [1.165, 1.54) is 19.2 Å². The third-order valence-electron chi connectivity index (χ3n) is 1.85. The van der Waals surface area contributed by atoms with Crippen molar-refractivity contribution in [3.05, 3.63) is 29.6 Å². The van der Waals surface area contributed by atoms with Crippen LogP contribution in [0.2, 0.25) is 0 Å². The van der Waals surface area contributed by atoms with Crippen molar-refractivity contribution >= 4 is 17.5 Å². The number of amides is 1. The minimum absolute atomic E-state index is 0.0937. The van der Waals surface area contributed by atoms with Crippen LogP contribution in [0.15, 0.2) is 18.2 Å².